The van der Waals surface area contributed by atoms with Crippen molar-refractivity contribution in [2.45, 2.75) is 0 Å². The minimum atomic E-state index is 0.570. The lowest BCUT2D eigenvalue weighted by Gasteiger charge is -2.10. The van der Waals surface area contributed by atoms with E-state index in [4.69, 9.17) is 28.8 Å². The number of benzene rings is 9. The van der Waals surface area contributed by atoms with Gasteiger partial charge in [0.2, 0.25) is 11.4 Å². The Hall–Kier alpha value is -9.26. The standard InChI is InChI=1S/C62H38N4O2/c1-3-11-39(12-4-1)41-23-31-47(32-24-41)57-55-51-15-7-9-17-53(51)67-61(55)66-60(63-57)50-37-29-46(30-38-50)44-21-19-43(20-22-44)45-25-33-48(34-26-45)58-56-52-16-8-10-18-54(52)68-62(56)65-59(64-58)49-35-27-42(28-36-49)40-13-5-2-6-14-40/h1-38H. The van der Waals surface area contributed by atoms with Gasteiger partial charge in [-0.1, -0.05) is 218 Å². The molecule has 0 saturated carbocycles. The number of para-hydroxylation sites is 2. The summed E-state index contributed by atoms with van der Waals surface area (Å²) in [6, 6.07) is 79.6. The van der Waals surface area contributed by atoms with Crippen LogP contribution >= 0.6 is 0 Å². The smallest absolute Gasteiger partial charge is 0.231 e. The van der Waals surface area contributed by atoms with E-state index in [9.17, 15) is 0 Å². The van der Waals surface area contributed by atoms with Gasteiger partial charge in [0.1, 0.15) is 11.2 Å². The van der Waals surface area contributed by atoms with Crippen LogP contribution < -0.4 is 0 Å². The third-order valence-electron chi connectivity index (χ3n) is 12.8. The average Bonchev–Trinajstić information content (AvgIpc) is 4.00. The van der Waals surface area contributed by atoms with Gasteiger partial charge in [0, 0.05) is 33.0 Å². The average molecular weight is 871 g/mol. The van der Waals surface area contributed by atoms with Crippen LogP contribution in [0.4, 0.5) is 0 Å². The second-order valence-electron chi connectivity index (χ2n) is 17.0. The van der Waals surface area contributed by atoms with Gasteiger partial charge in [-0.15, -0.1) is 0 Å². The van der Waals surface area contributed by atoms with Gasteiger partial charge in [-0.25, -0.2) is 9.97 Å². The lowest BCUT2D eigenvalue weighted by molar-refractivity contribution is 0.653. The SMILES string of the molecule is c1ccc(-c2ccc(-c3nc(-c4ccc(-c5ccc(-c6ccc(-c7nc(-c8ccc(-c9ccccc9)cc8)c8c(n7)oc7ccccc78)cc6)cc5)cc4)c4c(n3)oc3ccccc34)cc2)cc1. The van der Waals surface area contributed by atoms with Crippen LogP contribution in [-0.2, 0) is 0 Å². The van der Waals surface area contributed by atoms with E-state index in [1.54, 1.807) is 0 Å². The van der Waals surface area contributed by atoms with Crippen molar-refractivity contribution in [2.24, 2.45) is 0 Å². The van der Waals surface area contributed by atoms with Gasteiger partial charge in [0.25, 0.3) is 0 Å². The molecule has 0 saturated heterocycles. The van der Waals surface area contributed by atoms with Gasteiger partial charge in [0.15, 0.2) is 11.6 Å². The van der Waals surface area contributed by atoms with Gasteiger partial charge in [-0.3, -0.25) is 0 Å². The molecule has 68 heavy (non-hydrogen) atoms. The number of hydrogen-bond donors (Lipinski definition) is 0. The molecule has 0 bridgehead atoms. The maximum Gasteiger partial charge on any atom is 0.231 e. The highest BCUT2D eigenvalue weighted by molar-refractivity contribution is 6.11. The van der Waals surface area contributed by atoms with Crippen molar-refractivity contribution >= 4 is 44.1 Å². The number of fused-ring (bicyclic) bond motifs is 6. The summed E-state index contributed by atoms with van der Waals surface area (Å²) < 4.78 is 12.7. The summed E-state index contributed by atoms with van der Waals surface area (Å²) in [5.74, 6) is 1.23. The molecule has 0 aliphatic carbocycles. The van der Waals surface area contributed by atoms with E-state index >= 15 is 0 Å². The summed E-state index contributed by atoms with van der Waals surface area (Å²) >= 11 is 0. The summed E-state index contributed by atoms with van der Waals surface area (Å²) in [4.78, 5) is 20.3. The second kappa shape index (κ2) is 16.3. The van der Waals surface area contributed by atoms with Gasteiger partial charge in [-0.2, -0.15) is 9.97 Å². The van der Waals surface area contributed by atoms with E-state index < -0.39 is 0 Å². The molecular weight excluding hydrogens is 833 g/mol. The van der Waals surface area contributed by atoms with Crippen LogP contribution in [0.5, 0.6) is 0 Å². The Labute approximate surface area is 391 Å². The van der Waals surface area contributed by atoms with E-state index in [1.807, 2.05) is 48.5 Å². The Balaban J connectivity index is 0.787. The molecule has 9 aromatic carbocycles. The van der Waals surface area contributed by atoms with Gasteiger partial charge < -0.3 is 8.83 Å². The predicted octanol–water partition coefficient (Wildman–Crippen LogP) is 16.4. The van der Waals surface area contributed by atoms with Crippen LogP contribution in [0.1, 0.15) is 0 Å². The van der Waals surface area contributed by atoms with Crippen molar-refractivity contribution in [3.63, 3.8) is 0 Å². The third-order valence-corrected chi connectivity index (χ3v) is 12.8. The first-order chi connectivity index (χ1) is 33.7. The molecule has 0 N–H and O–H groups in total. The lowest BCUT2D eigenvalue weighted by atomic mass is 9.98. The fourth-order valence-electron chi connectivity index (χ4n) is 9.30. The van der Waals surface area contributed by atoms with Crippen molar-refractivity contribution in [2.75, 3.05) is 0 Å². The van der Waals surface area contributed by atoms with Crippen LogP contribution in [-0.4, -0.2) is 19.9 Å². The third kappa shape index (κ3) is 7.00. The number of furan rings is 2. The molecule has 318 valence electrons. The lowest BCUT2D eigenvalue weighted by Crippen LogP contribution is -1.94. The summed E-state index contributed by atoms with van der Waals surface area (Å²) in [6.45, 7) is 0. The Morgan fingerprint density at radius 1 is 0.221 bits per heavy atom. The monoisotopic (exact) mass is 870 g/mol. The molecule has 0 aliphatic rings. The quantitative estimate of drug-likeness (QED) is 0.151. The van der Waals surface area contributed by atoms with E-state index in [0.717, 1.165) is 99.7 Å². The predicted molar refractivity (Wildman–Crippen MR) is 276 cm³/mol. The molecule has 0 spiro atoms. The van der Waals surface area contributed by atoms with Gasteiger partial charge >= 0.3 is 0 Å². The zero-order chi connectivity index (χ0) is 45.0. The number of aromatic nitrogens is 4. The largest absolute Gasteiger partial charge is 0.438 e. The number of nitrogens with zero attached hydrogens (tertiary/aromatic N) is 4. The topological polar surface area (TPSA) is 77.8 Å². The first-order valence-corrected chi connectivity index (χ1v) is 22.7. The first-order valence-electron chi connectivity index (χ1n) is 22.7. The number of hydrogen-bond acceptors (Lipinski definition) is 6. The van der Waals surface area contributed by atoms with Gasteiger partial charge in [0.05, 0.1) is 22.2 Å². The van der Waals surface area contributed by atoms with E-state index in [2.05, 4.69) is 182 Å². The fourth-order valence-corrected chi connectivity index (χ4v) is 9.30. The molecule has 4 aromatic heterocycles. The highest BCUT2D eigenvalue weighted by Crippen LogP contribution is 2.39. The van der Waals surface area contributed by atoms with Gasteiger partial charge in [-0.05, 0) is 56.6 Å². The molecular formula is C62H38N4O2. The summed E-state index contributed by atoms with van der Waals surface area (Å²) in [7, 11) is 0. The van der Waals surface area contributed by atoms with Crippen molar-refractivity contribution in [1.29, 1.82) is 0 Å². The van der Waals surface area contributed by atoms with Crippen molar-refractivity contribution in [3.05, 3.63) is 231 Å². The normalized spacial score (nSPS) is 11.5. The van der Waals surface area contributed by atoms with Crippen LogP contribution in [0.15, 0.2) is 239 Å². The molecule has 0 radical (unpaired) electrons. The molecule has 0 unspecified atom stereocenters. The molecule has 13 aromatic rings. The molecule has 13 rings (SSSR count). The molecule has 0 atom stereocenters. The molecule has 6 heteroatoms. The number of rotatable bonds is 8. The Morgan fingerprint density at radius 3 is 0.824 bits per heavy atom. The maximum absolute atomic E-state index is 6.34. The minimum Gasteiger partial charge on any atom is -0.438 e. The Kier molecular flexibility index (Phi) is 9.39. The summed E-state index contributed by atoms with van der Waals surface area (Å²) in [6.07, 6.45) is 0. The van der Waals surface area contributed by atoms with Crippen molar-refractivity contribution < 1.29 is 8.83 Å². The van der Waals surface area contributed by atoms with Crippen LogP contribution in [0.2, 0.25) is 0 Å². The zero-order valence-corrected chi connectivity index (χ0v) is 36.5. The zero-order valence-electron chi connectivity index (χ0n) is 36.5. The molecule has 6 nitrogen and oxygen atoms in total. The second-order valence-corrected chi connectivity index (χ2v) is 17.0. The molecule has 4 heterocycles. The van der Waals surface area contributed by atoms with E-state index in [1.165, 1.54) is 11.1 Å². The highest BCUT2D eigenvalue weighted by Gasteiger charge is 2.20. The summed E-state index contributed by atoms with van der Waals surface area (Å²) in [5.41, 5.74) is 17.3. The van der Waals surface area contributed by atoms with Crippen molar-refractivity contribution in [1.82, 2.24) is 19.9 Å². The van der Waals surface area contributed by atoms with Crippen LogP contribution in [0, 0.1) is 0 Å². The molecule has 0 amide bonds. The summed E-state index contributed by atoms with van der Waals surface area (Å²) in [5, 5.41) is 3.81. The minimum absolute atomic E-state index is 0.570. The molecule has 0 fully saturated rings. The molecule has 0 aliphatic heterocycles. The van der Waals surface area contributed by atoms with Crippen LogP contribution in [0.3, 0.4) is 0 Å². The highest BCUT2D eigenvalue weighted by atomic mass is 16.3. The Morgan fingerprint density at radius 2 is 0.485 bits per heavy atom. The van der Waals surface area contributed by atoms with Crippen molar-refractivity contribution in [3.8, 4) is 89.8 Å². The maximum atomic E-state index is 6.34. The first kappa shape index (κ1) is 39.1. The fraction of sp³-hybridized carbons (Fsp3) is 0. The van der Waals surface area contributed by atoms with Crippen LogP contribution in [0.25, 0.3) is 134 Å². The van der Waals surface area contributed by atoms with E-state index in [0.29, 0.717) is 23.1 Å². The Bertz CT molecular complexity index is 3960. The van der Waals surface area contributed by atoms with E-state index in [-0.39, 0.29) is 0 Å².